The highest BCUT2D eigenvalue weighted by Gasteiger charge is 2.65. The summed E-state index contributed by atoms with van der Waals surface area (Å²) in [4.78, 5) is 84.6. The van der Waals surface area contributed by atoms with Gasteiger partial charge in [0, 0.05) is 27.7 Å². The zero-order valence-corrected chi connectivity index (χ0v) is 77.7. The molecule has 127 heavy (non-hydrogen) atoms. The Labute approximate surface area is 761 Å². The van der Waals surface area contributed by atoms with Crippen molar-refractivity contribution in [2.75, 3.05) is 19.0 Å². The molecule has 19 nitrogen and oxygen atoms in total. The summed E-state index contributed by atoms with van der Waals surface area (Å²) in [7, 11) is -5.21. The number of phenolic OH excluding ortho intramolecular Hbond substituents is 2. The van der Waals surface area contributed by atoms with Gasteiger partial charge >= 0.3 is 48.0 Å². The van der Waals surface area contributed by atoms with Crippen LogP contribution in [-0.4, -0.2) is 108 Å². The Morgan fingerprint density at radius 1 is 0.543 bits per heavy atom. The maximum atomic E-state index is 13.3. The van der Waals surface area contributed by atoms with Crippen LogP contribution in [0.3, 0.4) is 0 Å². The number of thiophene rings is 1. The summed E-state index contributed by atoms with van der Waals surface area (Å²) in [6.45, 7) is 41.5. The van der Waals surface area contributed by atoms with Crippen molar-refractivity contribution in [3.05, 3.63) is 124 Å². The molecule has 15 rings (SSSR count). The third kappa shape index (κ3) is 27.3. The standard InChI is InChI=1S/C20H29F3O7S.C18H13S.2C15H22O3.C12H18.C10H16O4.C8H16O2.5CH4/c1-4-17(2,3)15(24)30-19-8-12-5-13(9-19)7-18(6-12,11-19)16(25)29-14(20(21,22)23)10-31(26,27)28;1-2-8-14(9-3-1)19-17-12-6-4-10-15(17)16-11-5-7-13-18(16)19;1-7-15(5,6)14(17)18-12-8-9(2)13(16)11(4)10(12)3;1-7-15(5,6)14(17)18-13-9(2)8-12(16)10(3)11(13)4;1-2-8-5-7(1)11-9-3-4-10(6-9)12(8)11;1-4-10(2,3)9(12)14-7-5-8(11)13-6-7;1-5-8(3,4)7(9)10-6-2;;;;;/h12-14H,4-11H2,1-3H3,(H,26,27,28);1-13H;2*8,16H,7H2,1-6H3;7-12H,1-6H2;7H,4-6H2,1-3H3;5-6H2,1-4H3;5*1H4/q;+1;;;;;;;;;;/p-1. The molecule has 9 fully saturated rings. The minimum absolute atomic E-state index is 0. The number of benzene rings is 5. The fraction of sp³-hybridized carbons (Fsp3) is 0.641. The number of halogens is 3. The Morgan fingerprint density at radius 3 is 1.41 bits per heavy atom. The number of ether oxygens (including phenoxy) is 7. The topological polar surface area (TPSA) is 282 Å². The maximum Gasteiger partial charge on any atom is 0.426 e. The van der Waals surface area contributed by atoms with Crippen LogP contribution in [-0.2, 0) is 67.4 Å². The zero-order valence-electron chi connectivity index (χ0n) is 76.1. The van der Waals surface area contributed by atoms with Gasteiger partial charge < -0.3 is 47.9 Å². The van der Waals surface area contributed by atoms with E-state index in [1.54, 1.807) is 71.4 Å². The van der Waals surface area contributed by atoms with Crippen molar-refractivity contribution in [2.45, 2.75) is 329 Å². The minimum atomic E-state index is -5.27. The summed E-state index contributed by atoms with van der Waals surface area (Å²) in [5, 5.41) is 22.3. The summed E-state index contributed by atoms with van der Waals surface area (Å²) >= 11 is 0. The van der Waals surface area contributed by atoms with Crippen molar-refractivity contribution in [2.24, 2.45) is 79.8 Å². The smallest absolute Gasteiger partial charge is 0.426 e. The van der Waals surface area contributed by atoms with Crippen molar-refractivity contribution in [1.82, 2.24) is 0 Å². The predicted molar refractivity (Wildman–Crippen MR) is 502 cm³/mol. The number of cyclic esters (lactones) is 1. The molecule has 1 aromatic heterocycles. The molecular formula is C103H155F3O19S2. The van der Waals surface area contributed by atoms with Gasteiger partial charge in [-0.2, -0.15) is 13.2 Å². The van der Waals surface area contributed by atoms with E-state index in [0.717, 1.165) is 59.1 Å². The predicted octanol–water partition coefficient (Wildman–Crippen LogP) is 25.9. The number of hydrogen-bond acceptors (Lipinski definition) is 19. The number of carbonyl (C=O) groups is 7. The third-order valence-corrected chi connectivity index (χ3v) is 30.9. The van der Waals surface area contributed by atoms with E-state index in [1.165, 1.54) is 60.6 Å². The number of alkyl halides is 3. The molecule has 24 heteroatoms. The van der Waals surface area contributed by atoms with Crippen molar-refractivity contribution in [3.8, 4) is 27.9 Å². The largest absolute Gasteiger partial charge is 0.748 e. The summed E-state index contributed by atoms with van der Waals surface area (Å²) < 4.78 is 112. The van der Waals surface area contributed by atoms with E-state index in [-0.39, 0.29) is 132 Å². The lowest BCUT2D eigenvalue weighted by Gasteiger charge is -2.60. The highest BCUT2D eigenvalue weighted by molar-refractivity contribution is 7.85. The van der Waals surface area contributed by atoms with E-state index in [4.69, 9.17) is 28.4 Å². The summed E-state index contributed by atoms with van der Waals surface area (Å²) in [5.41, 5.74) is -0.122. The quantitative estimate of drug-likeness (QED) is 0.0179. The second kappa shape index (κ2) is 45.6. The van der Waals surface area contributed by atoms with Crippen LogP contribution in [0.2, 0.25) is 0 Å². The molecular weight excluding hydrogens is 1660 g/mol. The van der Waals surface area contributed by atoms with Gasteiger partial charge in [-0.1, -0.05) is 114 Å². The van der Waals surface area contributed by atoms with Crippen LogP contribution in [0, 0.1) is 121 Å². The molecule has 1 aliphatic heterocycles. The monoisotopic (exact) mass is 1820 g/mol. The average Bonchev–Trinajstić information content (AvgIpc) is 1.68. The third-order valence-electron chi connectivity index (χ3n) is 27.8. The second-order valence-corrected chi connectivity index (χ2v) is 42.0. The molecule has 1 saturated heterocycles. The van der Waals surface area contributed by atoms with Gasteiger partial charge in [0.15, 0.2) is 14.3 Å². The molecule has 8 bridgehead atoms. The number of aryl methyl sites for hydroxylation is 2. The van der Waals surface area contributed by atoms with Crippen LogP contribution < -0.4 is 9.47 Å². The first-order valence-electron chi connectivity index (χ1n) is 43.8. The van der Waals surface area contributed by atoms with Gasteiger partial charge in [0.05, 0.1) is 61.4 Å². The molecule has 5 aromatic carbocycles. The molecule has 2 heterocycles. The van der Waals surface area contributed by atoms with Gasteiger partial charge in [0.1, 0.15) is 41.3 Å². The lowest BCUT2D eigenvalue weighted by Crippen LogP contribution is -2.61. The van der Waals surface area contributed by atoms with Crippen molar-refractivity contribution < 1.29 is 103 Å². The van der Waals surface area contributed by atoms with E-state index in [1.807, 2.05) is 132 Å². The molecule has 0 spiro atoms. The summed E-state index contributed by atoms with van der Waals surface area (Å²) in [6.07, 6.45) is 7.35. The molecule has 9 aliphatic rings. The summed E-state index contributed by atoms with van der Waals surface area (Å²) in [6, 6.07) is 31.7. The normalized spacial score (nSPS) is 22.7. The number of aromatic hydroxyl groups is 2. The highest BCUT2D eigenvalue weighted by atomic mass is 32.2. The average molecular weight is 1820 g/mol. The van der Waals surface area contributed by atoms with Crippen LogP contribution in [0.4, 0.5) is 13.2 Å². The molecule has 0 radical (unpaired) electrons. The van der Waals surface area contributed by atoms with E-state index < -0.39 is 72.8 Å². The lowest BCUT2D eigenvalue weighted by molar-refractivity contribution is -0.239. The Hall–Kier alpha value is -8.09. The van der Waals surface area contributed by atoms with Gasteiger partial charge in [-0.05, 0) is 350 Å². The van der Waals surface area contributed by atoms with E-state index >= 15 is 0 Å². The maximum absolute atomic E-state index is 13.3. The molecule has 6 aromatic rings. The first-order valence-corrected chi connectivity index (χ1v) is 46.6. The van der Waals surface area contributed by atoms with Crippen LogP contribution in [0.15, 0.2) is 91.0 Å². The highest BCUT2D eigenvalue weighted by Crippen LogP contribution is 2.68. The van der Waals surface area contributed by atoms with Gasteiger partial charge in [-0.25, -0.2) is 8.42 Å². The number of rotatable bonds is 20. The van der Waals surface area contributed by atoms with E-state index in [2.05, 4.69) is 83.6 Å². The zero-order chi connectivity index (χ0) is 91.0. The second-order valence-electron chi connectivity index (χ2n) is 38.6. The Balaban J connectivity index is 0.000000390. The van der Waals surface area contributed by atoms with Crippen LogP contribution in [0.5, 0.6) is 23.0 Å². The van der Waals surface area contributed by atoms with Gasteiger partial charge in [0.25, 0.3) is 0 Å². The Bertz CT molecular complexity index is 4710. The number of hydrogen-bond donors (Lipinski definition) is 2. The molecule has 8 saturated carbocycles. The van der Waals surface area contributed by atoms with Crippen molar-refractivity contribution in [1.29, 1.82) is 0 Å². The van der Waals surface area contributed by atoms with Gasteiger partial charge in [-0.3, -0.25) is 33.6 Å². The number of phenols is 2. The minimum Gasteiger partial charge on any atom is -0.748 e. The molecule has 8 atom stereocenters. The van der Waals surface area contributed by atoms with E-state index in [9.17, 15) is 69.9 Å². The fourth-order valence-corrected chi connectivity index (χ4v) is 21.5. The molecule has 714 valence electrons. The molecule has 8 aliphatic carbocycles. The molecule has 0 amide bonds. The Kier molecular flexibility index (Phi) is 40.6. The number of carbonyl (C=O) groups excluding carboxylic acids is 7. The fourth-order valence-electron chi connectivity index (χ4n) is 18.4. The van der Waals surface area contributed by atoms with Crippen molar-refractivity contribution >= 4 is 82.5 Å². The summed E-state index contributed by atoms with van der Waals surface area (Å²) in [5.74, 6) is 4.33. The number of fused-ring (bicyclic) bond motifs is 12. The van der Waals surface area contributed by atoms with Crippen LogP contribution >= 0.6 is 10.5 Å². The van der Waals surface area contributed by atoms with Crippen molar-refractivity contribution in [3.63, 3.8) is 0 Å². The van der Waals surface area contributed by atoms with Gasteiger partial charge in [0.2, 0.25) is 6.10 Å². The lowest BCUT2D eigenvalue weighted by atomic mass is 9.48. The number of esters is 7. The van der Waals surface area contributed by atoms with Crippen LogP contribution in [0.1, 0.15) is 297 Å². The van der Waals surface area contributed by atoms with Crippen LogP contribution in [0.25, 0.3) is 25.1 Å². The SMILES string of the molecule is C.C.C.C.C.C1CC2CC1C1C3CCC(C3)C21.CCC(C)(C)C(=O)OC12CC3CC(C1)CC(C(=O)OC(CS(=O)(=O)[O-])C(F)(F)F)(C3)C2.CCC(C)(C)C(=O)OC1COC(=O)C1.CCC(C)(C)C(=O)Oc1c(C)cc(O)c(C)c1C.CCC(C)(C)C(=O)Oc1cc(C)c(O)c(C)c1C.CCOC(=O)C(C)(C)CC.c1ccc(-[s+]2c3ccccc3c3ccccc32)cc1. The molecule has 8 unspecified atom stereocenters. The Morgan fingerprint density at radius 2 is 0.976 bits per heavy atom. The first kappa shape index (κ1) is 113. The molecule has 2 N–H and O–H groups in total. The van der Waals surface area contributed by atoms with Gasteiger partial charge in [-0.15, -0.1) is 0 Å². The van der Waals surface area contributed by atoms with E-state index in [0.29, 0.717) is 56.6 Å². The first-order chi connectivity index (χ1) is 56.8.